The zero-order valence-electron chi connectivity index (χ0n) is 12.3. The number of anilines is 1. The van der Waals surface area contributed by atoms with Gasteiger partial charge < -0.3 is 10.2 Å². The molecule has 6 nitrogen and oxygen atoms in total. The van der Waals surface area contributed by atoms with Gasteiger partial charge in [-0.15, -0.1) is 12.4 Å². The van der Waals surface area contributed by atoms with Crippen molar-refractivity contribution in [2.24, 2.45) is 0 Å². The van der Waals surface area contributed by atoms with Crippen molar-refractivity contribution in [3.05, 3.63) is 29.6 Å². The van der Waals surface area contributed by atoms with Crippen LogP contribution in [0.5, 0.6) is 0 Å². The summed E-state index contributed by atoms with van der Waals surface area (Å²) in [7, 11) is -3.60. The van der Waals surface area contributed by atoms with E-state index >= 15 is 0 Å². The van der Waals surface area contributed by atoms with E-state index < -0.39 is 15.8 Å². The summed E-state index contributed by atoms with van der Waals surface area (Å²) in [5.41, 5.74) is 0.0439. The third-order valence-corrected chi connectivity index (χ3v) is 3.86. The maximum absolute atomic E-state index is 13.6. The number of hydrogen-bond acceptors (Lipinski definition) is 4. The Bertz CT molecular complexity index is 654. The predicted octanol–water partition coefficient (Wildman–Crippen LogP) is 1.05. The van der Waals surface area contributed by atoms with Gasteiger partial charge in [-0.2, -0.15) is 0 Å². The van der Waals surface area contributed by atoms with E-state index in [1.165, 1.54) is 12.1 Å². The Morgan fingerprint density at radius 3 is 2.73 bits per heavy atom. The lowest BCUT2D eigenvalue weighted by molar-refractivity contribution is 0.0655. The van der Waals surface area contributed by atoms with Crippen molar-refractivity contribution in [1.29, 1.82) is 0 Å². The van der Waals surface area contributed by atoms with E-state index in [-0.39, 0.29) is 35.6 Å². The maximum Gasteiger partial charge on any atom is 0.254 e. The highest BCUT2D eigenvalue weighted by Crippen LogP contribution is 2.19. The van der Waals surface area contributed by atoms with Crippen molar-refractivity contribution < 1.29 is 17.6 Å². The van der Waals surface area contributed by atoms with Crippen LogP contribution in [0.4, 0.5) is 10.1 Å². The Hall–Kier alpha value is -1.38. The van der Waals surface area contributed by atoms with E-state index in [0.29, 0.717) is 19.6 Å². The van der Waals surface area contributed by atoms with Gasteiger partial charge >= 0.3 is 0 Å². The van der Waals surface area contributed by atoms with Crippen LogP contribution in [-0.4, -0.2) is 51.2 Å². The van der Waals surface area contributed by atoms with E-state index in [1.54, 1.807) is 4.90 Å². The molecule has 0 bridgehead atoms. The van der Waals surface area contributed by atoms with Crippen molar-refractivity contribution in [2.45, 2.75) is 13.0 Å². The van der Waals surface area contributed by atoms with E-state index in [2.05, 4.69) is 10.0 Å². The van der Waals surface area contributed by atoms with E-state index in [0.717, 1.165) is 12.3 Å². The van der Waals surface area contributed by atoms with Gasteiger partial charge in [-0.1, -0.05) is 0 Å². The zero-order valence-corrected chi connectivity index (χ0v) is 13.9. The van der Waals surface area contributed by atoms with Crippen LogP contribution in [-0.2, 0) is 10.0 Å². The number of nitrogens with zero attached hydrogens (tertiary/aromatic N) is 1. The number of hydrogen-bond donors (Lipinski definition) is 2. The third kappa shape index (κ3) is 4.56. The Labute approximate surface area is 135 Å². The molecule has 0 saturated carbocycles. The van der Waals surface area contributed by atoms with Crippen molar-refractivity contribution >= 4 is 34.0 Å². The molecule has 1 amide bonds. The minimum Gasteiger partial charge on any atom is -0.333 e. The summed E-state index contributed by atoms with van der Waals surface area (Å²) in [5, 5.41) is 3.18. The molecule has 0 radical (unpaired) electrons. The number of piperazine rings is 1. The van der Waals surface area contributed by atoms with Gasteiger partial charge in [-0.05, 0) is 25.1 Å². The van der Waals surface area contributed by atoms with Crippen LogP contribution in [0.2, 0.25) is 0 Å². The lowest BCUT2D eigenvalue weighted by atomic mass is 10.1. The first-order chi connectivity index (χ1) is 9.78. The van der Waals surface area contributed by atoms with Crippen molar-refractivity contribution in [3.8, 4) is 0 Å². The average molecular weight is 352 g/mol. The third-order valence-electron chi connectivity index (χ3n) is 3.27. The van der Waals surface area contributed by atoms with Gasteiger partial charge in [0.05, 0.1) is 11.9 Å². The molecule has 1 aromatic rings. The summed E-state index contributed by atoms with van der Waals surface area (Å²) in [6, 6.07) is 3.71. The predicted molar refractivity (Wildman–Crippen MR) is 85.5 cm³/mol. The highest BCUT2D eigenvalue weighted by molar-refractivity contribution is 7.92. The second kappa shape index (κ2) is 7.26. The first kappa shape index (κ1) is 18.7. The first-order valence-corrected chi connectivity index (χ1v) is 8.46. The summed E-state index contributed by atoms with van der Waals surface area (Å²) >= 11 is 0. The zero-order chi connectivity index (χ0) is 15.6. The summed E-state index contributed by atoms with van der Waals surface area (Å²) in [6.45, 7) is 3.88. The molecule has 0 spiro atoms. The molecule has 2 rings (SSSR count). The number of carbonyl (C=O) groups excluding carboxylic acids is 1. The smallest absolute Gasteiger partial charge is 0.254 e. The molecule has 1 heterocycles. The average Bonchev–Trinajstić information content (AvgIpc) is 2.39. The Morgan fingerprint density at radius 1 is 1.45 bits per heavy atom. The largest absolute Gasteiger partial charge is 0.333 e. The summed E-state index contributed by atoms with van der Waals surface area (Å²) in [5.74, 6) is -0.953. The highest BCUT2D eigenvalue weighted by atomic mass is 35.5. The van der Waals surface area contributed by atoms with E-state index in [4.69, 9.17) is 0 Å². The minimum atomic E-state index is -3.60. The van der Waals surface area contributed by atoms with Crippen LogP contribution in [0.15, 0.2) is 18.2 Å². The fraction of sp³-hybridized carbons (Fsp3) is 0.462. The summed E-state index contributed by atoms with van der Waals surface area (Å²) in [6.07, 6.45) is 0.930. The van der Waals surface area contributed by atoms with E-state index in [1.807, 2.05) is 6.92 Å². The molecule has 1 fully saturated rings. The van der Waals surface area contributed by atoms with Crippen LogP contribution in [0.1, 0.15) is 17.3 Å². The maximum atomic E-state index is 13.6. The lowest BCUT2D eigenvalue weighted by Gasteiger charge is -2.34. The SMILES string of the molecule is C[C@@H]1CNCCN1C(=O)c1ccc(F)c(NS(C)(=O)=O)c1.Cl. The summed E-state index contributed by atoms with van der Waals surface area (Å²) in [4.78, 5) is 14.1. The van der Waals surface area contributed by atoms with Gasteiger partial charge in [-0.25, -0.2) is 12.8 Å². The molecule has 1 aromatic carbocycles. The minimum absolute atomic E-state index is 0. The fourth-order valence-corrected chi connectivity index (χ4v) is 2.80. The molecule has 9 heteroatoms. The van der Waals surface area contributed by atoms with Gasteiger partial charge in [0, 0.05) is 31.2 Å². The topological polar surface area (TPSA) is 78.5 Å². The normalized spacial score (nSPS) is 18.5. The van der Waals surface area contributed by atoms with Crippen LogP contribution in [0.3, 0.4) is 0 Å². The number of sulfonamides is 1. The molecule has 1 aliphatic heterocycles. The molecule has 0 aliphatic carbocycles. The molecule has 0 unspecified atom stereocenters. The molecular weight excluding hydrogens is 333 g/mol. The van der Waals surface area contributed by atoms with Gasteiger partial charge in [0.15, 0.2) is 0 Å². The number of carbonyl (C=O) groups is 1. The Morgan fingerprint density at radius 2 is 2.14 bits per heavy atom. The molecule has 2 N–H and O–H groups in total. The lowest BCUT2D eigenvalue weighted by Crippen LogP contribution is -2.52. The number of benzene rings is 1. The second-order valence-corrected chi connectivity index (χ2v) is 6.87. The number of amides is 1. The van der Waals surface area contributed by atoms with Crippen molar-refractivity contribution in [3.63, 3.8) is 0 Å². The van der Waals surface area contributed by atoms with Gasteiger partial charge in [0.2, 0.25) is 10.0 Å². The Kier molecular flexibility index (Phi) is 6.16. The Balaban J connectivity index is 0.00000242. The number of halogens is 2. The van der Waals surface area contributed by atoms with Crippen molar-refractivity contribution in [2.75, 3.05) is 30.6 Å². The monoisotopic (exact) mass is 351 g/mol. The first-order valence-electron chi connectivity index (χ1n) is 6.57. The quantitative estimate of drug-likeness (QED) is 0.853. The molecular formula is C13H19ClFN3O3S. The van der Waals surface area contributed by atoms with Gasteiger partial charge in [0.1, 0.15) is 5.82 Å². The van der Waals surface area contributed by atoms with Crippen LogP contribution in [0, 0.1) is 5.82 Å². The molecule has 0 aromatic heterocycles. The molecule has 124 valence electrons. The molecule has 1 atom stereocenters. The molecule has 22 heavy (non-hydrogen) atoms. The fourth-order valence-electron chi connectivity index (χ4n) is 2.24. The standard InChI is InChI=1S/C13H18FN3O3S.ClH/c1-9-8-15-5-6-17(9)13(18)10-3-4-11(14)12(7-10)16-21(2,19)20;/h3-4,7,9,15-16H,5-6,8H2,1-2H3;1H/t9-;/m1./s1. The summed E-state index contributed by atoms with van der Waals surface area (Å²) < 4.78 is 38.1. The van der Waals surface area contributed by atoms with Gasteiger partial charge in [-0.3, -0.25) is 9.52 Å². The van der Waals surface area contributed by atoms with Crippen molar-refractivity contribution in [1.82, 2.24) is 10.2 Å². The number of nitrogens with one attached hydrogen (secondary N) is 2. The van der Waals surface area contributed by atoms with Gasteiger partial charge in [0.25, 0.3) is 5.91 Å². The number of rotatable bonds is 3. The molecule has 1 aliphatic rings. The van der Waals surface area contributed by atoms with E-state index in [9.17, 15) is 17.6 Å². The second-order valence-electron chi connectivity index (χ2n) is 5.12. The van der Waals surface area contributed by atoms with Crippen LogP contribution < -0.4 is 10.0 Å². The molecule has 1 saturated heterocycles. The van der Waals surface area contributed by atoms with Crippen LogP contribution in [0.25, 0.3) is 0 Å². The highest BCUT2D eigenvalue weighted by Gasteiger charge is 2.24. The van der Waals surface area contributed by atoms with Crippen LogP contribution >= 0.6 is 12.4 Å².